The molecule has 0 aliphatic rings. The van der Waals surface area contributed by atoms with Crippen molar-refractivity contribution < 1.29 is 19.6 Å². The summed E-state index contributed by atoms with van der Waals surface area (Å²) in [6.07, 6.45) is 1.30. The van der Waals surface area contributed by atoms with Crippen molar-refractivity contribution >= 4 is 11.9 Å². The van der Waals surface area contributed by atoms with E-state index in [0.717, 1.165) is 0 Å². The molecule has 0 radical (unpaired) electrons. The summed E-state index contributed by atoms with van der Waals surface area (Å²) in [4.78, 5) is 14.3. The van der Waals surface area contributed by atoms with E-state index in [1.807, 2.05) is 0 Å². The zero-order valence-corrected chi connectivity index (χ0v) is 13.1. The number of non-ortho nitro benzene ring substituents is 1. The Bertz CT molecular complexity index is 762. The van der Waals surface area contributed by atoms with Gasteiger partial charge in [0.15, 0.2) is 0 Å². The fourth-order valence-electron chi connectivity index (χ4n) is 2.33. The van der Waals surface area contributed by atoms with Gasteiger partial charge in [-0.15, -0.1) is 0 Å². The van der Waals surface area contributed by atoms with Crippen LogP contribution in [0.5, 0.6) is 5.75 Å². The molecular formula is C16H18N2O5. The number of aryl methyl sites for hydroxylation is 2. The summed E-state index contributed by atoms with van der Waals surface area (Å²) in [5.74, 6) is 1.19. The molecule has 0 amide bonds. The van der Waals surface area contributed by atoms with Crippen LogP contribution in [0.2, 0.25) is 0 Å². The third kappa shape index (κ3) is 3.75. The van der Waals surface area contributed by atoms with Crippen LogP contribution in [0.4, 0.5) is 5.69 Å². The predicted octanol–water partition coefficient (Wildman–Crippen LogP) is 2.84. The normalized spacial score (nSPS) is 14.1. The molecule has 7 nitrogen and oxygen atoms in total. The van der Waals surface area contributed by atoms with Gasteiger partial charge in [0.05, 0.1) is 11.5 Å². The third-order valence-corrected chi connectivity index (χ3v) is 3.47. The number of nitro benzene ring substituents is 1. The Balaban J connectivity index is 2.19. The molecule has 0 aliphatic carbocycles. The highest BCUT2D eigenvalue weighted by atomic mass is 16.6. The maximum atomic E-state index is 10.8. The van der Waals surface area contributed by atoms with Crippen molar-refractivity contribution in [2.24, 2.45) is 4.99 Å². The molecule has 2 N–H and O–H groups in total. The number of nitrogens with zero attached hydrogens (tertiary/aromatic N) is 2. The van der Waals surface area contributed by atoms with Crippen LogP contribution in [-0.4, -0.2) is 27.9 Å². The zero-order valence-electron chi connectivity index (χ0n) is 13.1. The Kier molecular flexibility index (Phi) is 4.51. The molecule has 0 saturated carbocycles. The van der Waals surface area contributed by atoms with Gasteiger partial charge in [-0.05, 0) is 32.9 Å². The molecule has 2 rings (SSSR count). The molecule has 0 fully saturated rings. The van der Waals surface area contributed by atoms with Crippen LogP contribution >= 0.6 is 0 Å². The maximum Gasteiger partial charge on any atom is 0.270 e. The molecule has 2 aromatic rings. The second-order valence-electron chi connectivity index (χ2n) is 5.57. The van der Waals surface area contributed by atoms with E-state index in [9.17, 15) is 20.3 Å². The van der Waals surface area contributed by atoms with Gasteiger partial charge < -0.3 is 14.6 Å². The zero-order chi connectivity index (χ0) is 17.2. The van der Waals surface area contributed by atoms with E-state index < -0.39 is 10.5 Å². The molecule has 0 saturated heterocycles. The van der Waals surface area contributed by atoms with Gasteiger partial charge in [-0.3, -0.25) is 15.1 Å². The van der Waals surface area contributed by atoms with Crippen molar-refractivity contribution in [3.63, 3.8) is 0 Å². The van der Waals surface area contributed by atoms with Gasteiger partial charge in [0, 0.05) is 29.5 Å². The first-order chi connectivity index (χ1) is 10.7. The first-order valence-electron chi connectivity index (χ1n) is 6.98. The van der Waals surface area contributed by atoms with Crippen LogP contribution in [0.1, 0.15) is 29.6 Å². The van der Waals surface area contributed by atoms with Crippen LogP contribution in [0, 0.1) is 24.0 Å². The molecule has 1 aromatic carbocycles. The highest BCUT2D eigenvalue weighted by molar-refractivity contribution is 5.84. The summed E-state index contributed by atoms with van der Waals surface area (Å²) in [5, 5.41) is 31.0. The lowest BCUT2D eigenvalue weighted by atomic mass is 9.96. The molecule has 23 heavy (non-hydrogen) atoms. The first kappa shape index (κ1) is 16.7. The van der Waals surface area contributed by atoms with Gasteiger partial charge in [0.25, 0.3) is 5.69 Å². The van der Waals surface area contributed by atoms with Gasteiger partial charge in [0.2, 0.25) is 0 Å². The molecule has 0 spiro atoms. The number of aliphatic hydroxyl groups is 1. The number of benzene rings is 1. The van der Waals surface area contributed by atoms with Crippen LogP contribution in [0.3, 0.4) is 0 Å². The minimum atomic E-state index is -1.24. The summed E-state index contributed by atoms with van der Waals surface area (Å²) >= 11 is 0. The Morgan fingerprint density at radius 1 is 1.39 bits per heavy atom. The molecule has 122 valence electrons. The van der Waals surface area contributed by atoms with E-state index in [1.165, 1.54) is 24.4 Å². The van der Waals surface area contributed by atoms with E-state index in [1.54, 1.807) is 26.8 Å². The van der Waals surface area contributed by atoms with Crippen molar-refractivity contribution in [1.82, 2.24) is 0 Å². The molecule has 1 aromatic heterocycles. The fraction of sp³-hybridized carbons (Fsp3) is 0.312. The average molecular weight is 318 g/mol. The number of hydrogen-bond donors (Lipinski definition) is 2. The SMILES string of the molecule is Cc1cc(C(C)(O)CN=Cc2cc([N+](=O)[O-])ccc2O)c(C)o1. The summed E-state index contributed by atoms with van der Waals surface area (Å²) in [6, 6.07) is 5.41. The second-order valence-corrected chi connectivity index (χ2v) is 5.57. The van der Waals surface area contributed by atoms with Crippen LogP contribution < -0.4 is 0 Å². The Morgan fingerprint density at radius 2 is 2.09 bits per heavy atom. The van der Waals surface area contributed by atoms with E-state index in [4.69, 9.17) is 4.42 Å². The summed E-state index contributed by atoms with van der Waals surface area (Å²) in [7, 11) is 0. The van der Waals surface area contributed by atoms with Crippen molar-refractivity contribution in [2.75, 3.05) is 6.54 Å². The van der Waals surface area contributed by atoms with E-state index in [2.05, 4.69) is 4.99 Å². The molecule has 1 unspecified atom stereocenters. The molecule has 7 heteroatoms. The van der Waals surface area contributed by atoms with Crippen LogP contribution in [0.15, 0.2) is 33.7 Å². The number of hydrogen-bond acceptors (Lipinski definition) is 6. The molecule has 0 aliphatic heterocycles. The minimum Gasteiger partial charge on any atom is -0.507 e. The number of phenols is 1. The number of rotatable bonds is 5. The topological polar surface area (TPSA) is 109 Å². The number of nitro groups is 1. The summed E-state index contributed by atoms with van der Waals surface area (Å²) in [6.45, 7) is 5.17. The Morgan fingerprint density at radius 3 is 2.65 bits per heavy atom. The van der Waals surface area contributed by atoms with Gasteiger partial charge in [-0.1, -0.05) is 0 Å². The lowest BCUT2D eigenvalue weighted by molar-refractivity contribution is -0.384. The number of aromatic hydroxyl groups is 1. The first-order valence-corrected chi connectivity index (χ1v) is 6.98. The van der Waals surface area contributed by atoms with Gasteiger partial charge >= 0.3 is 0 Å². The van der Waals surface area contributed by atoms with Gasteiger partial charge in [0.1, 0.15) is 22.9 Å². The number of phenolic OH excluding ortho intramolecular Hbond substituents is 1. The van der Waals surface area contributed by atoms with E-state index in [-0.39, 0.29) is 23.5 Å². The van der Waals surface area contributed by atoms with Crippen LogP contribution in [0.25, 0.3) is 0 Å². The van der Waals surface area contributed by atoms with Crippen molar-refractivity contribution in [3.05, 3.63) is 57.0 Å². The molecule has 0 bridgehead atoms. The highest BCUT2D eigenvalue weighted by Crippen LogP contribution is 2.27. The third-order valence-electron chi connectivity index (χ3n) is 3.47. The summed E-state index contributed by atoms with van der Waals surface area (Å²) in [5.41, 5.74) is -0.530. The van der Waals surface area contributed by atoms with Crippen molar-refractivity contribution in [2.45, 2.75) is 26.4 Å². The number of aliphatic imine (C=N–C) groups is 1. The van der Waals surface area contributed by atoms with Gasteiger partial charge in [-0.2, -0.15) is 0 Å². The largest absolute Gasteiger partial charge is 0.507 e. The fourth-order valence-corrected chi connectivity index (χ4v) is 2.33. The second kappa shape index (κ2) is 6.21. The van der Waals surface area contributed by atoms with E-state index >= 15 is 0 Å². The quantitative estimate of drug-likeness (QED) is 0.500. The monoisotopic (exact) mass is 318 g/mol. The highest BCUT2D eigenvalue weighted by Gasteiger charge is 2.27. The Hall–Kier alpha value is -2.67. The standard InChI is InChI=1S/C16H18N2O5/c1-10-6-14(11(2)23-10)16(3,20)9-17-8-12-7-13(18(21)22)4-5-15(12)19/h4-8,19-20H,9H2,1-3H3. The lowest BCUT2D eigenvalue weighted by Crippen LogP contribution is -2.25. The van der Waals surface area contributed by atoms with Crippen molar-refractivity contribution in [3.8, 4) is 5.75 Å². The van der Waals surface area contributed by atoms with Gasteiger partial charge in [-0.25, -0.2) is 0 Å². The minimum absolute atomic E-state index is 0.0228. The average Bonchev–Trinajstić information content (AvgIpc) is 2.80. The smallest absolute Gasteiger partial charge is 0.270 e. The Labute approximate surface area is 133 Å². The molecular weight excluding hydrogens is 300 g/mol. The lowest BCUT2D eigenvalue weighted by Gasteiger charge is -2.20. The molecule has 1 heterocycles. The molecule has 1 atom stereocenters. The maximum absolute atomic E-state index is 10.8. The van der Waals surface area contributed by atoms with Crippen molar-refractivity contribution in [1.29, 1.82) is 0 Å². The van der Waals surface area contributed by atoms with Crippen LogP contribution in [-0.2, 0) is 5.60 Å². The summed E-state index contributed by atoms with van der Waals surface area (Å²) < 4.78 is 5.40. The van der Waals surface area contributed by atoms with E-state index in [0.29, 0.717) is 17.1 Å². The number of furan rings is 1. The predicted molar refractivity (Wildman–Crippen MR) is 85.0 cm³/mol.